The maximum absolute atomic E-state index is 13.3. The Morgan fingerprint density at radius 3 is 2.00 bits per heavy atom. The van der Waals surface area contributed by atoms with Gasteiger partial charge in [-0.15, -0.1) is 13.2 Å². The van der Waals surface area contributed by atoms with E-state index < -0.39 is 28.9 Å². The monoisotopic (exact) mass is 482 g/mol. The average Bonchev–Trinajstić information content (AvgIpc) is 2.77. The molecule has 0 aromatic heterocycles. The van der Waals surface area contributed by atoms with Gasteiger partial charge >= 0.3 is 6.36 Å². The molecule has 0 N–H and O–H groups in total. The molecular formula is C27H23F3NO4-. The summed E-state index contributed by atoms with van der Waals surface area (Å²) in [5.74, 6) is -2.45. The number of rotatable bonds is 7. The number of carboxylic acid groups (broad SMARTS) is 1. The lowest BCUT2D eigenvalue weighted by molar-refractivity contribution is -0.314. The van der Waals surface area contributed by atoms with E-state index in [1.165, 1.54) is 18.2 Å². The van der Waals surface area contributed by atoms with Crippen LogP contribution in [0.4, 0.5) is 13.2 Å². The van der Waals surface area contributed by atoms with Crippen molar-refractivity contribution >= 4 is 5.97 Å². The van der Waals surface area contributed by atoms with Gasteiger partial charge in [0, 0.05) is 12.0 Å². The minimum atomic E-state index is -5.04. The van der Waals surface area contributed by atoms with Gasteiger partial charge in [0.05, 0.1) is 12.0 Å². The van der Waals surface area contributed by atoms with E-state index in [4.69, 9.17) is 4.74 Å². The van der Waals surface area contributed by atoms with Crippen molar-refractivity contribution < 1.29 is 32.5 Å². The van der Waals surface area contributed by atoms with Gasteiger partial charge in [0.1, 0.15) is 11.2 Å². The van der Waals surface area contributed by atoms with Crippen LogP contribution in [0.25, 0.3) is 0 Å². The molecule has 0 aliphatic heterocycles. The van der Waals surface area contributed by atoms with Crippen molar-refractivity contribution in [3.05, 3.63) is 89.5 Å². The maximum atomic E-state index is 13.3. The Morgan fingerprint density at radius 2 is 1.51 bits per heavy atom. The van der Waals surface area contributed by atoms with Crippen molar-refractivity contribution in [1.82, 2.24) is 0 Å². The van der Waals surface area contributed by atoms with Crippen LogP contribution in [-0.4, -0.2) is 12.3 Å². The van der Waals surface area contributed by atoms with Crippen molar-refractivity contribution in [1.29, 1.82) is 5.26 Å². The number of ether oxygens (including phenoxy) is 2. The number of hydrogen-bond donors (Lipinski definition) is 0. The minimum absolute atomic E-state index is 0.0276. The first kappa shape index (κ1) is 25.6. The molecule has 182 valence electrons. The van der Waals surface area contributed by atoms with Gasteiger partial charge in [-0.1, -0.05) is 75.4 Å². The van der Waals surface area contributed by atoms with E-state index in [0.717, 1.165) is 6.07 Å². The fourth-order valence-electron chi connectivity index (χ4n) is 3.95. The molecule has 0 aliphatic carbocycles. The van der Waals surface area contributed by atoms with Crippen LogP contribution in [0.15, 0.2) is 72.8 Å². The predicted octanol–water partition coefficient (Wildman–Crippen LogP) is 5.53. The molecule has 0 spiro atoms. The largest absolute Gasteiger partial charge is 0.573 e. The number of halogens is 3. The normalized spacial score (nSPS) is 13.4. The first-order valence-corrected chi connectivity index (χ1v) is 10.7. The third-order valence-electron chi connectivity index (χ3n) is 5.64. The van der Waals surface area contributed by atoms with Gasteiger partial charge in [0.25, 0.3) is 0 Å². The smallest absolute Gasteiger partial charge is 0.548 e. The van der Waals surface area contributed by atoms with Gasteiger partial charge in [-0.05, 0) is 34.7 Å². The van der Waals surface area contributed by atoms with Gasteiger partial charge in [-0.2, -0.15) is 5.26 Å². The number of hydrogen-bond acceptors (Lipinski definition) is 5. The molecular weight excluding hydrogens is 459 g/mol. The van der Waals surface area contributed by atoms with Gasteiger partial charge in [-0.3, -0.25) is 0 Å². The second kappa shape index (κ2) is 9.71. The molecule has 3 aromatic rings. The van der Waals surface area contributed by atoms with E-state index in [1.54, 1.807) is 69.3 Å². The summed E-state index contributed by atoms with van der Waals surface area (Å²) >= 11 is 0. The highest BCUT2D eigenvalue weighted by molar-refractivity contribution is 5.86. The fraction of sp³-hybridized carbons (Fsp3) is 0.259. The first-order valence-electron chi connectivity index (χ1n) is 10.7. The molecule has 3 rings (SSSR count). The van der Waals surface area contributed by atoms with Gasteiger partial charge < -0.3 is 19.4 Å². The third kappa shape index (κ3) is 5.40. The molecule has 1 unspecified atom stereocenters. The van der Waals surface area contributed by atoms with Crippen molar-refractivity contribution in [2.75, 3.05) is 0 Å². The third-order valence-corrected chi connectivity index (χ3v) is 5.64. The summed E-state index contributed by atoms with van der Waals surface area (Å²) in [5, 5.41) is 22.6. The Labute approximate surface area is 201 Å². The summed E-state index contributed by atoms with van der Waals surface area (Å²) in [6.45, 7) is 4.66. The SMILES string of the molecule is CC(C)(C)C(C#N)(C(=O)[O-])c1ccc(OC(F)(F)F)c(Oc2ccccc2)c1Cc1ccccc1. The summed E-state index contributed by atoms with van der Waals surface area (Å²) < 4.78 is 50.1. The number of nitrogens with zero attached hydrogens (tertiary/aromatic N) is 1. The zero-order valence-corrected chi connectivity index (χ0v) is 19.3. The molecule has 5 nitrogen and oxygen atoms in total. The van der Waals surface area contributed by atoms with Gasteiger partial charge in [-0.25, -0.2) is 0 Å². The Morgan fingerprint density at radius 1 is 0.943 bits per heavy atom. The van der Waals surface area contributed by atoms with Crippen molar-refractivity contribution in [2.24, 2.45) is 5.41 Å². The summed E-state index contributed by atoms with van der Waals surface area (Å²) in [6, 6.07) is 20.8. The quantitative estimate of drug-likeness (QED) is 0.443. The van der Waals surface area contributed by atoms with Crippen molar-refractivity contribution in [3.63, 3.8) is 0 Å². The topological polar surface area (TPSA) is 82.4 Å². The van der Waals surface area contributed by atoms with Crippen LogP contribution in [0, 0.1) is 16.7 Å². The Balaban J connectivity index is 2.40. The molecule has 35 heavy (non-hydrogen) atoms. The minimum Gasteiger partial charge on any atom is -0.548 e. The molecule has 1 atom stereocenters. The highest BCUT2D eigenvalue weighted by Gasteiger charge is 2.48. The Bertz CT molecular complexity index is 1230. The molecule has 0 heterocycles. The number of para-hydroxylation sites is 1. The van der Waals surface area contributed by atoms with Crippen LogP contribution >= 0.6 is 0 Å². The van der Waals surface area contributed by atoms with Gasteiger partial charge in [0.2, 0.25) is 0 Å². The lowest BCUT2D eigenvalue weighted by Crippen LogP contribution is -2.53. The lowest BCUT2D eigenvalue weighted by atomic mass is 9.62. The van der Waals surface area contributed by atoms with E-state index >= 15 is 0 Å². The maximum Gasteiger partial charge on any atom is 0.573 e. The van der Waals surface area contributed by atoms with Crippen LogP contribution in [0.3, 0.4) is 0 Å². The number of aliphatic carboxylic acids is 1. The lowest BCUT2D eigenvalue weighted by Gasteiger charge is -2.41. The number of alkyl halides is 3. The number of carbonyl (C=O) groups excluding carboxylic acids is 1. The van der Waals surface area contributed by atoms with E-state index in [9.17, 15) is 28.3 Å². The average molecular weight is 482 g/mol. The second-order valence-electron chi connectivity index (χ2n) is 8.94. The summed E-state index contributed by atoms with van der Waals surface area (Å²) in [7, 11) is 0. The van der Waals surface area contributed by atoms with E-state index in [1.807, 2.05) is 6.07 Å². The summed E-state index contributed by atoms with van der Waals surface area (Å²) in [4.78, 5) is 12.5. The highest BCUT2D eigenvalue weighted by atomic mass is 19.4. The van der Waals surface area contributed by atoms with Crippen LogP contribution in [-0.2, 0) is 16.6 Å². The second-order valence-corrected chi connectivity index (χ2v) is 8.94. The Hall–Kier alpha value is -3.99. The molecule has 0 aliphatic rings. The molecule has 0 fully saturated rings. The van der Waals surface area contributed by atoms with Crippen LogP contribution in [0.1, 0.15) is 37.5 Å². The van der Waals surface area contributed by atoms with Crippen LogP contribution in [0.2, 0.25) is 0 Å². The number of benzene rings is 3. The van der Waals surface area contributed by atoms with E-state index in [2.05, 4.69) is 4.74 Å². The summed E-state index contributed by atoms with van der Waals surface area (Å²) in [5.41, 5.74) is -2.69. The molecule has 0 saturated carbocycles. The number of carbonyl (C=O) groups is 1. The fourth-order valence-corrected chi connectivity index (χ4v) is 3.95. The molecule has 0 saturated heterocycles. The molecule has 0 radical (unpaired) electrons. The Kier molecular flexibility index (Phi) is 7.11. The molecule has 0 bridgehead atoms. The van der Waals surface area contributed by atoms with Crippen molar-refractivity contribution in [3.8, 4) is 23.3 Å². The van der Waals surface area contributed by atoms with Crippen molar-refractivity contribution in [2.45, 2.75) is 39.0 Å². The molecule has 0 amide bonds. The highest BCUT2D eigenvalue weighted by Crippen LogP contribution is 2.48. The standard InChI is InChI=1S/C27H24F3NO4/c1-25(2,3)26(17-31,24(32)33)21-14-15-22(35-27(28,29)30)23(34-19-12-8-5-9-13-19)20(21)16-18-10-6-4-7-11-18/h4-15H,16H2,1-3H3,(H,32,33)/p-1. The predicted molar refractivity (Wildman–Crippen MR) is 121 cm³/mol. The number of carboxylic acids is 1. The number of nitriles is 1. The first-order chi connectivity index (χ1) is 16.4. The zero-order chi connectivity index (χ0) is 25.9. The van der Waals surface area contributed by atoms with Crippen LogP contribution in [0.5, 0.6) is 17.2 Å². The van der Waals surface area contributed by atoms with E-state index in [0.29, 0.717) is 5.56 Å². The molecule has 8 heteroatoms. The summed E-state index contributed by atoms with van der Waals surface area (Å²) in [6.07, 6.45) is -5.06. The zero-order valence-electron chi connectivity index (χ0n) is 19.3. The molecule has 3 aromatic carbocycles. The van der Waals surface area contributed by atoms with E-state index in [-0.39, 0.29) is 29.0 Å². The van der Waals surface area contributed by atoms with Gasteiger partial charge in [0.15, 0.2) is 11.5 Å². The van der Waals surface area contributed by atoms with Crippen LogP contribution < -0.4 is 14.6 Å².